The topological polar surface area (TPSA) is 26.0 Å². The molecule has 1 aliphatic rings. The van der Waals surface area contributed by atoms with Gasteiger partial charge in [0.25, 0.3) is 0 Å². The van der Waals surface area contributed by atoms with Gasteiger partial charge in [-0.3, -0.25) is 0 Å². The largest absolute Gasteiger partial charge is 0.327 e. The highest BCUT2D eigenvalue weighted by Gasteiger charge is 2.18. The average molecular weight is 169 g/mol. The van der Waals surface area contributed by atoms with Gasteiger partial charge in [-0.15, -0.1) is 0 Å². The molecule has 0 aromatic rings. The fraction of sp³-hybridized carbons (Fsp3) is 1.00. The van der Waals surface area contributed by atoms with Crippen LogP contribution in [-0.2, 0) is 0 Å². The highest BCUT2D eigenvalue weighted by Crippen LogP contribution is 2.26. The van der Waals surface area contributed by atoms with Crippen LogP contribution in [0.4, 0.5) is 0 Å². The van der Waals surface area contributed by atoms with E-state index in [9.17, 15) is 0 Å². The van der Waals surface area contributed by atoms with Crippen LogP contribution in [0.25, 0.3) is 0 Å². The number of hydrogen-bond acceptors (Lipinski definition) is 1. The Morgan fingerprint density at radius 1 is 1.17 bits per heavy atom. The van der Waals surface area contributed by atoms with Crippen molar-refractivity contribution in [1.82, 2.24) is 0 Å². The van der Waals surface area contributed by atoms with Crippen LogP contribution < -0.4 is 5.73 Å². The van der Waals surface area contributed by atoms with Gasteiger partial charge in [-0.1, -0.05) is 39.5 Å². The van der Waals surface area contributed by atoms with Gasteiger partial charge in [-0.25, -0.2) is 0 Å². The average Bonchev–Trinajstić information content (AvgIpc) is 2.07. The van der Waals surface area contributed by atoms with E-state index in [1.165, 1.54) is 38.5 Å². The Kier molecular flexibility index (Phi) is 4.07. The summed E-state index contributed by atoms with van der Waals surface area (Å²) in [5.41, 5.74) is 6.03. The van der Waals surface area contributed by atoms with Gasteiger partial charge in [0.05, 0.1) is 0 Å². The second-order valence-electron chi connectivity index (χ2n) is 4.42. The van der Waals surface area contributed by atoms with E-state index in [0.717, 1.165) is 11.8 Å². The highest BCUT2D eigenvalue weighted by atomic mass is 14.6. The molecule has 0 amide bonds. The molecule has 1 rings (SSSR count). The summed E-state index contributed by atoms with van der Waals surface area (Å²) in [7, 11) is 0. The van der Waals surface area contributed by atoms with Crippen LogP contribution in [0.5, 0.6) is 0 Å². The molecule has 0 radical (unpaired) electrons. The fourth-order valence-corrected chi connectivity index (χ4v) is 2.19. The van der Waals surface area contributed by atoms with Crippen LogP contribution in [0.1, 0.15) is 52.4 Å². The van der Waals surface area contributed by atoms with Crippen molar-refractivity contribution in [2.45, 2.75) is 58.4 Å². The molecule has 0 aromatic heterocycles. The molecule has 3 atom stereocenters. The molecule has 1 saturated carbocycles. The third-order valence-electron chi connectivity index (χ3n) is 3.49. The standard InChI is InChI=1S/C11H23N/c1-3-10-5-4-6-11(12)9(2)7-8-10/h9-11H,3-8,12H2,1-2H3/t9-,10+,11-/m0/s1. The smallest absolute Gasteiger partial charge is 0.00645 e. The minimum Gasteiger partial charge on any atom is -0.327 e. The molecule has 0 aliphatic heterocycles. The van der Waals surface area contributed by atoms with Crippen molar-refractivity contribution in [2.75, 3.05) is 0 Å². The fourth-order valence-electron chi connectivity index (χ4n) is 2.19. The molecule has 1 nitrogen and oxygen atoms in total. The lowest BCUT2D eigenvalue weighted by molar-refractivity contribution is 0.292. The van der Waals surface area contributed by atoms with Gasteiger partial charge < -0.3 is 5.73 Å². The summed E-state index contributed by atoms with van der Waals surface area (Å²) in [6.07, 6.45) is 8.13. The molecule has 0 aromatic carbocycles. The minimum atomic E-state index is 0.475. The molecule has 0 heterocycles. The number of rotatable bonds is 1. The molecule has 0 saturated heterocycles. The zero-order chi connectivity index (χ0) is 8.97. The molecule has 12 heavy (non-hydrogen) atoms. The normalized spacial score (nSPS) is 38.8. The molecule has 2 N–H and O–H groups in total. The molecule has 1 heteroatoms. The second kappa shape index (κ2) is 4.86. The van der Waals surface area contributed by atoms with Gasteiger partial charge in [0.2, 0.25) is 0 Å². The van der Waals surface area contributed by atoms with Gasteiger partial charge in [-0.05, 0) is 24.7 Å². The molecule has 0 bridgehead atoms. The lowest BCUT2D eigenvalue weighted by Crippen LogP contribution is -2.30. The Labute approximate surface area is 76.7 Å². The summed E-state index contributed by atoms with van der Waals surface area (Å²) in [5.74, 6) is 1.74. The van der Waals surface area contributed by atoms with Crippen LogP contribution in [0.2, 0.25) is 0 Å². The quantitative estimate of drug-likeness (QED) is 0.641. The van der Waals surface area contributed by atoms with Crippen LogP contribution >= 0.6 is 0 Å². The van der Waals surface area contributed by atoms with Crippen molar-refractivity contribution < 1.29 is 0 Å². The monoisotopic (exact) mass is 169 g/mol. The lowest BCUT2D eigenvalue weighted by atomic mass is 9.83. The summed E-state index contributed by atoms with van der Waals surface area (Å²) in [5, 5.41) is 0. The molecule has 0 spiro atoms. The van der Waals surface area contributed by atoms with Crippen molar-refractivity contribution in [3.8, 4) is 0 Å². The number of nitrogens with two attached hydrogens (primary N) is 1. The SMILES string of the molecule is CC[C@@H]1CCC[C@H](N)[C@@H](C)CC1. The summed E-state index contributed by atoms with van der Waals surface area (Å²) in [4.78, 5) is 0. The molecule has 1 fully saturated rings. The van der Waals surface area contributed by atoms with E-state index in [2.05, 4.69) is 13.8 Å². The number of hydrogen-bond donors (Lipinski definition) is 1. The molecule has 72 valence electrons. The van der Waals surface area contributed by atoms with Gasteiger partial charge in [0.15, 0.2) is 0 Å². The van der Waals surface area contributed by atoms with E-state index in [0.29, 0.717) is 6.04 Å². The summed E-state index contributed by atoms with van der Waals surface area (Å²) in [6, 6.07) is 0.475. The van der Waals surface area contributed by atoms with Gasteiger partial charge >= 0.3 is 0 Å². The summed E-state index contributed by atoms with van der Waals surface area (Å²) < 4.78 is 0. The van der Waals surface area contributed by atoms with Crippen LogP contribution in [0.15, 0.2) is 0 Å². The van der Waals surface area contributed by atoms with Crippen LogP contribution in [-0.4, -0.2) is 6.04 Å². The third-order valence-corrected chi connectivity index (χ3v) is 3.49. The van der Waals surface area contributed by atoms with Crippen molar-refractivity contribution in [1.29, 1.82) is 0 Å². The maximum absolute atomic E-state index is 6.03. The van der Waals surface area contributed by atoms with E-state index < -0.39 is 0 Å². The lowest BCUT2D eigenvalue weighted by Gasteiger charge is -2.26. The Bertz CT molecular complexity index is 120. The first kappa shape index (κ1) is 10.0. The molecule has 1 aliphatic carbocycles. The Hall–Kier alpha value is -0.0400. The van der Waals surface area contributed by atoms with E-state index in [1.807, 2.05) is 0 Å². The van der Waals surface area contributed by atoms with Crippen molar-refractivity contribution in [3.05, 3.63) is 0 Å². The van der Waals surface area contributed by atoms with E-state index >= 15 is 0 Å². The predicted molar refractivity (Wildman–Crippen MR) is 54.0 cm³/mol. The molecular weight excluding hydrogens is 146 g/mol. The van der Waals surface area contributed by atoms with E-state index in [4.69, 9.17) is 5.73 Å². The van der Waals surface area contributed by atoms with Crippen molar-refractivity contribution in [2.24, 2.45) is 17.6 Å². The van der Waals surface area contributed by atoms with Gasteiger partial charge in [0, 0.05) is 6.04 Å². The van der Waals surface area contributed by atoms with Crippen LogP contribution in [0.3, 0.4) is 0 Å². The van der Waals surface area contributed by atoms with Crippen LogP contribution in [0, 0.1) is 11.8 Å². The van der Waals surface area contributed by atoms with E-state index in [1.54, 1.807) is 0 Å². The summed E-state index contributed by atoms with van der Waals surface area (Å²) >= 11 is 0. The maximum atomic E-state index is 6.03. The second-order valence-corrected chi connectivity index (χ2v) is 4.42. The zero-order valence-electron chi connectivity index (χ0n) is 8.55. The Morgan fingerprint density at radius 3 is 2.58 bits per heavy atom. The van der Waals surface area contributed by atoms with Gasteiger partial charge in [0.1, 0.15) is 0 Å². The Morgan fingerprint density at radius 2 is 1.92 bits per heavy atom. The van der Waals surface area contributed by atoms with E-state index in [-0.39, 0.29) is 0 Å². The zero-order valence-corrected chi connectivity index (χ0v) is 8.55. The Balaban J connectivity index is 2.35. The third kappa shape index (κ3) is 2.78. The highest BCUT2D eigenvalue weighted by molar-refractivity contribution is 4.74. The first-order chi connectivity index (χ1) is 5.74. The van der Waals surface area contributed by atoms with Gasteiger partial charge in [-0.2, -0.15) is 0 Å². The first-order valence-electron chi connectivity index (χ1n) is 5.49. The minimum absolute atomic E-state index is 0.475. The van der Waals surface area contributed by atoms with Crippen molar-refractivity contribution in [3.63, 3.8) is 0 Å². The maximum Gasteiger partial charge on any atom is 0.00645 e. The van der Waals surface area contributed by atoms with Crippen molar-refractivity contribution >= 4 is 0 Å². The predicted octanol–water partition coefficient (Wildman–Crippen LogP) is 2.94. The summed E-state index contributed by atoms with van der Waals surface area (Å²) in [6.45, 7) is 4.62. The molecule has 0 unspecified atom stereocenters. The first-order valence-corrected chi connectivity index (χ1v) is 5.49. The molecular formula is C11H23N.